The average molecular weight is 236 g/mol. The van der Waals surface area contributed by atoms with Crippen LogP contribution in [-0.4, -0.2) is 18.8 Å². The van der Waals surface area contributed by atoms with Gasteiger partial charge in [0.05, 0.1) is 5.60 Å². The van der Waals surface area contributed by atoms with Gasteiger partial charge in [-0.3, -0.25) is 0 Å². The standard InChI is InChI=1S/C15H24O2/c1-5-13-6-8-14(9-7-13)15(3,16)12(2)10-11-17-4/h6-9,12,16H,5,10-11H2,1-4H3. The van der Waals surface area contributed by atoms with E-state index in [0.29, 0.717) is 6.61 Å². The predicted molar refractivity (Wildman–Crippen MR) is 71.0 cm³/mol. The fourth-order valence-corrected chi connectivity index (χ4v) is 1.94. The quantitative estimate of drug-likeness (QED) is 0.822. The Balaban J connectivity index is 2.79. The van der Waals surface area contributed by atoms with Gasteiger partial charge in [-0.15, -0.1) is 0 Å². The molecular weight excluding hydrogens is 212 g/mol. The van der Waals surface area contributed by atoms with Crippen LogP contribution in [0.1, 0.15) is 38.3 Å². The Hall–Kier alpha value is -0.860. The van der Waals surface area contributed by atoms with Crippen LogP contribution >= 0.6 is 0 Å². The summed E-state index contributed by atoms with van der Waals surface area (Å²) in [6.07, 6.45) is 1.89. The minimum absolute atomic E-state index is 0.176. The van der Waals surface area contributed by atoms with Crippen LogP contribution in [0.2, 0.25) is 0 Å². The molecule has 1 rings (SSSR count). The largest absolute Gasteiger partial charge is 0.385 e. The van der Waals surface area contributed by atoms with Crippen LogP contribution in [0, 0.1) is 5.92 Å². The number of aryl methyl sites for hydroxylation is 1. The van der Waals surface area contributed by atoms with Crippen LogP contribution in [-0.2, 0) is 16.8 Å². The number of ether oxygens (including phenoxy) is 1. The summed E-state index contributed by atoms with van der Waals surface area (Å²) in [5.74, 6) is 0.176. The van der Waals surface area contributed by atoms with E-state index in [0.717, 1.165) is 18.4 Å². The van der Waals surface area contributed by atoms with Crippen LogP contribution in [0.3, 0.4) is 0 Å². The molecule has 0 aliphatic heterocycles. The van der Waals surface area contributed by atoms with Gasteiger partial charge in [0.15, 0.2) is 0 Å². The van der Waals surface area contributed by atoms with Crippen LogP contribution in [0.4, 0.5) is 0 Å². The van der Waals surface area contributed by atoms with E-state index in [1.54, 1.807) is 7.11 Å². The Morgan fingerprint density at radius 1 is 1.29 bits per heavy atom. The molecule has 2 nitrogen and oxygen atoms in total. The number of hydrogen-bond donors (Lipinski definition) is 1. The summed E-state index contributed by atoms with van der Waals surface area (Å²) in [4.78, 5) is 0. The molecule has 2 unspecified atom stereocenters. The number of hydrogen-bond acceptors (Lipinski definition) is 2. The Labute approximate surface area is 105 Å². The van der Waals surface area contributed by atoms with Crippen molar-refractivity contribution in [3.05, 3.63) is 35.4 Å². The summed E-state index contributed by atoms with van der Waals surface area (Å²) in [5, 5.41) is 10.6. The van der Waals surface area contributed by atoms with E-state index >= 15 is 0 Å². The highest BCUT2D eigenvalue weighted by atomic mass is 16.5. The summed E-state index contributed by atoms with van der Waals surface area (Å²) in [6.45, 7) is 6.76. The molecule has 1 aromatic rings. The predicted octanol–water partition coefficient (Wildman–Crippen LogP) is 3.13. The van der Waals surface area contributed by atoms with Crippen molar-refractivity contribution in [1.82, 2.24) is 0 Å². The molecule has 0 bridgehead atoms. The summed E-state index contributed by atoms with van der Waals surface area (Å²) in [7, 11) is 1.69. The third-order valence-electron chi connectivity index (χ3n) is 3.66. The third kappa shape index (κ3) is 3.55. The summed E-state index contributed by atoms with van der Waals surface area (Å²) in [5.41, 5.74) is 1.50. The first-order chi connectivity index (χ1) is 8.02. The van der Waals surface area contributed by atoms with Crippen molar-refractivity contribution in [2.24, 2.45) is 5.92 Å². The molecule has 96 valence electrons. The van der Waals surface area contributed by atoms with Crippen molar-refractivity contribution in [3.8, 4) is 0 Å². The van der Waals surface area contributed by atoms with E-state index in [1.165, 1.54) is 5.56 Å². The van der Waals surface area contributed by atoms with Gasteiger partial charge in [-0.2, -0.15) is 0 Å². The molecule has 0 aliphatic carbocycles. The highest BCUT2D eigenvalue weighted by Crippen LogP contribution is 2.31. The van der Waals surface area contributed by atoms with Gasteiger partial charge < -0.3 is 9.84 Å². The minimum Gasteiger partial charge on any atom is -0.385 e. The fourth-order valence-electron chi connectivity index (χ4n) is 1.94. The Kier molecular flexibility index (Phi) is 5.16. The molecule has 0 aromatic heterocycles. The molecule has 0 heterocycles. The monoisotopic (exact) mass is 236 g/mol. The van der Waals surface area contributed by atoms with Crippen molar-refractivity contribution < 1.29 is 9.84 Å². The van der Waals surface area contributed by atoms with Crippen molar-refractivity contribution >= 4 is 0 Å². The Morgan fingerprint density at radius 3 is 2.35 bits per heavy atom. The van der Waals surface area contributed by atoms with Gasteiger partial charge in [0.2, 0.25) is 0 Å². The van der Waals surface area contributed by atoms with Crippen molar-refractivity contribution in [1.29, 1.82) is 0 Å². The maximum atomic E-state index is 10.6. The van der Waals surface area contributed by atoms with Gasteiger partial charge in [-0.25, -0.2) is 0 Å². The van der Waals surface area contributed by atoms with Crippen LogP contribution in [0.15, 0.2) is 24.3 Å². The first-order valence-electron chi connectivity index (χ1n) is 6.33. The zero-order valence-electron chi connectivity index (χ0n) is 11.4. The first kappa shape index (κ1) is 14.2. The molecule has 0 amide bonds. The average Bonchev–Trinajstić information content (AvgIpc) is 2.35. The van der Waals surface area contributed by atoms with Gasteiger partial charge in [0, 0.05) is 13.7 Å². The second-order valence-electron chi connectivity index (χ2n) is 4.88. The van der Waals surface area contributed by atoms with Crippen LogP contribution in [0.5, 0.6) is 0 Å². The third-order valence-corrected chi connectivity index (χ3v) is 3.66. The van der Waals surface area contributed by atoms with Gasteiger partial charge >= 0.3 is 0 Å². The highest BCUT2D eigenvalue weighted by molar-refractivity contribution is 5.27. The molecule has 1 aromatic carbocycles. The van der Waals surface area contributed by atoms with E-state index in [-0.39, 0.29) is 5.92 Å². The number of methoxy groups -OCH3 is 1. The highest BCUT2D eigenvalue weighted by Gasteiger charge is 2.29. The molecule has 17 heavy (non-hydrogen) atoms. The van der Waals surface area contributed by atoms with Gasteiger partial charge in [-0.05, 0) is 36.8 Å². The summed E-state index contributed by atoms with van der Waals surface area (Å²) >= 11 is 0. The molecule has 1 N–H and O–H groups in total. The lowest BCUT2D eigenvalue weighted by molar-refractivity contribution is -0.0107. The number of aliphatic hydroxyl groups is 1. The lowest BCUT2D eigenvalue weighted by Gasteiger charge is -2.31. The SMILES string of the molecule is CCc1ccc(C(C)(O)C(C)CCOC)cc1. The Morgan fingerprint density at radius 2 is 1.88 bits per heavy atom. The zero-order valence-corrected chi connectivity index (χ0v) is 11.4. The van der Waals surface area contributed by atoms with Gasteiger partial charge in [0.25, 0.3) is 0 Å². The van der Waals surface area contributed by atoms with Gasteiger partial charge in [0.1, 0.15) is 0 Å². The maximum absolute atomic E-state index is 10.6. The van der Waals surface area contributed by atoms with E-state index in [4.69, 9.17) is 4.74 Å². The van der Waals surface area contributed by atoms with Crippen molar-refractivity contribution in [3.63, 3.8) is 0 Å². The topological polar surface area (TPSA) is 29.5 Å². The molecule has 2 heteroatoms. The van der Waals surface area contributed by atoms with E-state index in [2.05, 4.69) is 26.0 Å². The van der Waals surface area contributed by atoms with E-state index in [1.807, 2.05) is 19.1 Å². The maximum Gasteiger partial charge on any atom is 0.0894 e. The van der Waals surface area contributed by atoms with Crippen molar-refractivity contribution in [2.75, 3.05) is 13.7 Å². The molecule has 0 fully saturated rings. The number of benzene rings is 1. The zero-order chi connectivity index (χ0) is 12.9. The lowest BCUT2D eigenvalue weighted by atomic mass is 9.82. The van der Waals surface area contributed by atoms with Crippen LogP contribution in [0.25, 0.3) is 0 Å². The number of rotatable bonds is 6. The summed E-state index contributed by atoms with van der Waals surface area (Å²) in [6, 6.07) is 8.24. The first-order valence-corrected chi connectivity index (χ1v) is 6.33. The Bertz CT molecular complexity index is 327. The molecule has 0 spiro atoms. The molecule has 0 radical (unpaired) electrons. The molecule has 0 saturated carbocycles. The smallest absolute Gasteiger partial charge is 0.0894 e. The lowest BCUT2D eigenvalue weighted by Crippen LogP contribution is -2.30. The second kappa shape index (κ2) is 6.18. The molecule has 0 saturated heterocycles. The van der Waals surface area contributed by atoms with E-state index < -0.39 is 5.60 Å². The van der Waals surface area contributed by atoms with Crippen LogP contribution < -0.4 is 0 Å². The second-order valence-corrected chi connectivity index (χ2v) is 4.88. The van der Waals surface area contributed by atoms with Gasteiger partial charge in [-0.1, -0.05) is 38.1 Å². The normalized spacial score (nSPS) is 16.5. The molecule has 0 aliphatic rings. The summed E-state index contributed by atoms with van der Waals surface area (Å²) < 4.78 is 5.07. The molecular formula is C15H24O2. The van der Waals surface area contributed by atoms with E-state index in [9.17, 15) is 5.11 Å². The minimum atomic E-state index is -0.787. The van der Waals surface area contributed by atoms with Crippen molar-refractivity contribution in [2.45, 2.75) is 39.2 Å². The molecule has 2 atom stereocenters. The fraction of sp³-hybridized carbons (Fsp3) is 0.600.